The van der Waals surface area contributed by atoms with Crippen molar-refractivity contribution >= 4 is 5.91 Å². The second kappa shape index (κ2) is 6.55. The third kappa shape index (κ3) is 3.22. The smallest absolute Gasteiger partial charge is 0.226 e. The monoisotopic (exact) mass is 328 g/mol. The molecule has 4 rings (SSSR count). The highest BCUT2D eigenvalue weighted by atomic mass is 16.6. The van der Waals surface area contributed by atoms with Gasteiger partial charge in [-0.25, -0.2) is 0 Å². The number of ether oxygens (including phenoxy) is 2. The maximum Gasteiger partial charge on any atom is 0.226 e. The Bertz CT molecular complexity index is 734. The van der Waals surface area contributed by atoms with E-state index in [2.05, 4.69) is 10.5 Å². The largest absolute Gasteiger partial charge is 0.486 e. The summed E-state index contributed by atoms with van der Waals surface area (Å²) in [6.07, 6.45) is 4.79. The number of nitrogens with one attached hydrogen (secondary N) is 1. The lowest BCUT2D eigenvalue weighted by molar-refractivity contribution is -0.121. The van der Waals surface area contributed by atoms with Gasteiger partial charge in [-0.15, -0.1) is 0 Å². The van der Waals surface area contributed by atoms with Crippen LogP contribution in [0, 0.1) is 0 Å². The molecule has 0 spiro atoms. The van der Waals surface area contributed by atoms with E-state index in [0.717, 1.165) is 24.2 Å². The van der Waals surface area contributed by atoms with E-state index in [0.29, 0.717) is 36.5 Å². The quantitative estimate of drug-likeness (QED) is 0.934. The average molecular weight is 328 g/mol. The molecule has 6 nitrogen and oxygen atoms in total. The van der Waals surface area contributed by atoms with E-state index < -0.39 is 0 Å². The van der Waals surface area contributed by atoms with Crippen molar-refractivity contribution in [1.29, 1.82) is 0 Å². The van der Waals surface area contributed by atoms with Gasteiger partial charge in [0.15, 0.2) is 17.3 Å². The molecule has 1 fully saturated rings. The normalized spacial score (nSPS) is 17.0. The molecule has 1 aliphatic carbocycles. The van der Waals surface area contributed by atoms with E-state index in [-0.39, 0.29) is 12.3 Å². The van der Waals surface area contributed by atoms with Crippen LogP contribution in [0.5, 0.6) is 11.5 Å². The van der Waals surface area contributed by atoms with Gasteiger partial charge in [-0.3, -0.25) is 4.79 Å². The van der Waals surface area contributed by atoms with Crippen molar-refractivity contribution in [3.05, 3.63) is 30.0 Å². The molecule has 1 aromatic heterocycles. The van der Waals surface area contributed by atoms with Crippen LogP contribution in [0.2, 0.25) is 0 Å². The molecule has 0 unspecified atom stereocenters. The number of hydrogen-bond acceptors (Lipinski definition) is 5. The summed E-state index contributed by atoms with van der Waals surface area (Å²) in [7, 11) is 0. The van der Waals surface area contributed by atoms with Crippen LogP contribution in [0.3, 0.4) is 0 Å². The molecule has 2 heterocycles. The van der Waals surface area contributed by atoms with E-state index >= 15 is 0 Å². The number of nitrogens with zero attached hydrogens (tertiary/aromatic N) is 1. The van der Waals surface area contributed by atoms with Crippen LogP contribution >= 0.6 is 0 Å². The molecule has 2 aromatic rings. The number of benzene rings is 1. The lowest BCUT2D eigenvalue weighted by Gasteiger charge is -2.18. The summed E-state index contributed by atoms with van der Waals surface area (Å²) in [5.74, 6) is 2.07. The fraction of sp³-hybridized carbons (Fsp3) is 0.444. The van der Waals surface area contributed by atoms with Crippen molar-refractivity contribution < 1.29 is 18.8 Å². The maximum absolute atomic E-state index is 12.1. The van der Waals surface area contributed by atoms with Crippen LogP contribution in [0.1, 0.15) is 31.4 Å². The van der Waals surface area contributed by atoms with Crippen molar-refractivity contribution in [2.45, 2.75) is 38.1 Å². The predicted molar refractivity (Wildman–Crippen MR) is 87.0 cm³/mol. The molecular weight excluding hydrogens is 308 g/mol. The number of amides is 1. The molecule has 6 heteroatoms. The Kier molecular flexibility index (Phi) is 4.11. The van der Waals surface area contributed by atoms with Crippen LogP contribution in [0.15, 0.2) is 28.8 Å². The lowest BCUT2D eigenvalue weighted by Crippen LogP contribution is -2.33. The van der Waals surface area contributed by atoms with Gasteiger partial charge >= 0.3 is 0 Å². The number of aromatic nitrogens is 1. The Balaban J connectivity index is 1.43. The minimum Gasteiger partial charge on any atom is -0.486 e. The molecule has 0 atom stereocenters. The summed E-state index contributed by atoms with van der Waals surface area (Å²) in [4.78, 5) is 12.1. The molecule has 1 amide bonds. The van der Waals surface area contributed by atoms with Crippen LogP contribution in [0.25, 0.3) is 11.3 Å². The minimum atomic E-state index is 0.00363. The molecular formula is C18H20N2O4. The number of fused-ring (bicyclic) bond motifs is 1. The number of carbonyl (C=O) groups excluding carboxylic acids is 1. The highest BCUT2D eigenvalue weighted by molar-refractivity contribution is 5.78. The van der Waals surface area contributed by atoms with Gasteiger partial charge in [0, 0.05) is 17.7 Å². The molecule has 1 aromatic carbocycles. The van der Waals surface area contributed by atoms with Crippen molar-refractivity contribution in [3.63, 3.8) is 0 Å². The highest BCUT2D eigenvalue weighted by Crippen LogP contribution is 2.34. The Morgan fingerprint density at radius 1 is 1.12 bits per heavy atom. The Morgan fingerprint density at radius 2 is 1.92 bits per heavy atom. The van der Waals surface area contributed by atoms with Crippen molar-refractivity contribution in [3.8, 4) is 22.8 Å². The summed E-state index contributed by atoms with van der Waals surface area (Å²) in [6, 6.07) is 7.76. The number of rotatable bonds is 4. The van der Waals surface area contributed by atoms with Crippen LogP contribution in [-0.2, 0) is 11.2 Å². The fourth-order valence-electron chi connectivity index (χ4n) is 3.24. The van der Waals surface area contributed by atoms with Gasteiger partial charge in [0.1, 0.15) is 13.2 Å². The van der Waals surface area contributed by atoms with Gasteiger partial charge in [0.25, 0.3) is 0 Å². The van der Waals surface area contributed by atoms with Crippen LogP contribution < -0.4 is 14.8 Å². The molecule has 0 radical (unpaired) electrons. The van der Waals surface area contributed by atoms with Crippen LogP contribution in [-0.4, -0.2) is 30.3 Å². The zero-order chi connectivity index (χ0) is 16.4. The molecule has 1 N–H and O–H groups in total. The first kappa shape index (κ1) is 15.1. The van der Waals surface area contributed by atoms with Crippen LogP contribution in [0.4, 0.5) is 0 Å². The SMILES string of the molecule is O=C(Cc1cc(-c2ccc3c(c2)OCCO3)on1)NC1CCCC1. The Hall–Kier alpha value is -2.50. The number of carbonyl (C=O) groups is 1. The minimum absolute atomic E-state index is 0.00363. The molecule has 1 aliphatic heterocycles. The number of hydrogen-bond donors (Lipinski definition) is 1. The first-order valence-corrected chi connectivity index (χ1v) is 8.43. The van der Waals surface area contributed by atoms with E-state index in [4.69, 9.17) is 14.0 Å². The summed E-state index contributed by atoms with van der Waals surface area (Å²) < 4.78 is 16.5. The van der Waals surface area contributed by atoms with Gasteiger partial charge in [-0.2, -0.15) is 0 Å². The standard InChI is InChI=1S/C18H20N2O4/c21-18(19-13-3-1-2-4-13)11-14-10-16(24-20-14)12-5-6-15-17(9-12)23-8-7-22-15/h5-6,9-10,13H,1-4,7-8,11H2,(H,19,21). The van der Waals surface area contributed by atoms with Gasteiger partial charge < -0.3 is 19.3 Å². The second-order valence-electron chi connectivity index (χ2n) is 6.27. The Labute approximate surface area is 140 Å². The van der Waals surface area contributed by atoms with Crippen molar-refractivity contribution in [2.75, 3.05) is 13.2 Å². The fourth-order valence-corrected chi connectivity index (χ4v) is 3.24. The summed E-state index contributed by atoms with van der Waals surface area (Å²) in [5, 5.41) is 7.07. The molecule has 24 heavy (non-hydrogen) atoms. The first-order chi connectivity index (χ1) is 11.8. The predicted octanol–water partition coefficient (Wildman–Crippen LogP) is 2.71. The van der Waals surface area contributed by atoms with E-state index in [1.54, 1.807) is 6.07 Å². The molecule has 2 aliphatic rings. The van der Waals surface area contributed by atoms with Crippen molar-refractivity contribution in [1.82, 2.24) is 10.5 Å². The van der Waals surface area contributed by atoms with Gasteiger partial charge in [0.2, 0.25) is 5.91 Å². The third-order valence-electron chi connectivity index (χ3n) is 4.45. The van der Waals surface area contributed by atoms with E-state index in [1.165, 1.54) is 12.8 Å². The summed E-state index contributed by atoms with van der Waals surface area (Å²) >= 11 is 0. The average Bonchev–Trinajstić information content (AvgIpc) is 3.26. The third-order valence-corrected chi connectivity index (χ3v) is 4.45. The van der Waals surface area contributed by atoms with E-state index in [1.807, 2.05) is 18.2 Å². The van der Waals surface area contributed by atoms with E-state index in [9.17, 15) is 4.79 Å². The molecule has 0 saturated heterocycles. The zero-order valence-corrected chi connectivity index (χ0v) is 13.4. The lowest BCUT2D eigenvalue weighted by atomic mass is 10.1. The maximum atomic E-state index is 12.1. The zero-order valence-electron chi connectivity index (χ0n) is 13.4. The second-order valence-corrected chi connectivity index (χ2v) is 6.27. The summed E-state index contributed by atoms with van der Waals surface area (Å²) in [6.45, 7) is 1.11. The Morgan fingerprint density at radius 3 is 2.75 bits per heavy atom. The van der Waals surface area contributed by atoms with Crippen molar-refractivity contribution in [2.24, 2.45) is 0 Å². The topological polar surface area (TPSA) is 73.6 Å². The first-order valence-electron chi connectivity index (χ1n) is 8.43. The summed E-state index contributed by atoms with van der Waals surface area (Å²) in [5.41, 5.74) is 1.49. The van der Waals surface area contributed by atoms with Gasteiger partial charge in [-0.05, 0) is 31.0 Å². The molecule has 126 valence electrons. The van der Waals surface area contributed by atoms with Gasteiger partial charge in [0.05, 0.1) is 12.1 Å². The molecule has 0 bridgehead atoms. The molecule has 1 saturated carbocycles. The highest BCUT2D eigenvalue weighted by Gasteiger charge is 2.19. The van der Waals surface area contributed by atoms with Gasteiger partial charge in [-0.1, -0.05) is 18.0 Å².